The third-order valence-corrected chi connectivity index (χ3v) is 4.87. The number of hydrogen-bond acceptors (Lipinski definition) is 0. The van der Waals surface area contributed by atoms with Gasteiger partial charge in [-0.1, -0.05) is 60.7 Å². The van der Waals surface area contributed by atoms with Crippen LogP contribution in [0.1, 0.15) is 0 Å². The van der Waals surface area contributed by atoms with E-state index in [1.165, 1.54) is 11.5 Å². The minimum Gasteiger partial charge on any atom is -0.309 e. The Morgan fingerprint density at radius 3 is 2.12 bits per heavy atom. The summed E-state index contributed by atoms with van der Waals surface area (Å²) >= 11 is 0. The van der Waals surface area contributed by atoms with E-state index in [0.717, 1.165) is 27.7 Å². The van der Waals surface area contributed by atoms with Gasteiger partial charge in [0, 0.05) is 22.0 Å². The highest BCUT2D eigenvalue weighted by Crippen LogP contribution is 2.35. The SMILES string of the molecule is Fc1ccccc1-c1ccc2c(c1)c1ccccc1n2-c1ccccc1. The Morgan fingerprint density at radius 2 is 1.27 bits per heavy atom. The van der Waals surface area contributed by atoms with E-state index in [1.54, 1.807) is 6.07 Å². The third kappa shape index (κ3) is 2.23. The topological polar surface area (TPSA) is 4.93 Å². The second-order valence-corrected chi connectivity index (χ2v) is 6.40. The number of rotatable bonds is 2. The van der Waals surface area contributed by atoms with Crippen molar-refractivity contribution < 1.29 is 4.39 Å². The van der Waals surface area contributed by atoms with E-state index < -0.39 is 0 Å². The van der Waals surface area contributed by atoms with Gasteiger partial charge in [-0.3, -0.25) is 0 Å². The van der Waals surface area contributed by atoms with Crippen molar-refractivity contribution in [3.63, 3.8) is 0 Å². The molecule has 0 saturated heterocycles. The number of aromatic nitrogens is 1. The van der Waals surface area contributed by atoms with Crippen LogP contribution in [0.4, 0.5) is 4.39 Å². The number of hydrogen-bond donors (Lipinski definition) is 0. The van der Waals surface area contributed by atoms with Crippen molar-refractivity contribution in [1.82, 2.24) is 4.57 Å². The van der Waals surface area contributed by atoms with Crippen LogP contribution in [0.5, 0.6) is 0 Å². The van der Waals surface area contributed by atoms with Crippen LogP contribution < -0.4 is 0 Å². The van der Waals surface area contributed by atoms with Crippen molar-refractivity contribution in [3.05, 3.63) is 103 Å². The molecule has 0 amide bonds. The molecule has 0 fully saturated rings. The van der Waals surface area contributed by atoms with E-state index in [0.29, 0.717) is 5.56 Å². The molecule has 0 aliphatic rings. The fourth-order valence-corrected chi connectivity index (χ4v) is 3.69. The van der Waals surface area contributed by atoms with Crippen molar-refractivity contribution in [2.24, 2.45) is 0 Å². The van der Waals surface area contributed by atoms with E-state index in [4.69, 9.17) is 0 Å². The molecule has 1 nitrogen and oxygen atoms in total. The zero-order valence-electron chi connectivity index (χ0n) is 14.1. The quantitative estimate of drug-likeness (QED) is 0.342. The summed E-state index contributed by atoms with van der Waals surface area (Å²) in [5.41, 5.74) is 4.92. The molecule has 0 aliphatic heterocycles. The fraction of sp³-hybridized carbons (Fsp3) is 0. The number of halogens is 1. The van der Waals surface area contributed by atoms with Crippen LogP contribution in [0.2, 0.25) is 0 Å². The first-order valence-corrected chi connectivity index (χ1v) is 8.66. The molecule has 124 valence electrons. The van der Waals surface area contributed by atoms with Crippen LogP contribution in [-0.2, 0) is 0 Å². The first-order chi connectivity index (χ1) is 12.8. The summed E-state index contributed by atoms with van der Waals surface area (Å²) in [6.07, 6.45) is 0. The van der Waals surface area contributed by atoms with Gasteiger partial charge in [0.2, 0.25) is 0 Å². The zero-order chi connectivity index (χ0) is 17.5. The monoisotopic (exact) mass is 337 g/mol. The number of fused-ring (bicyclic) bond motifs is 3. The van der Waals surface area contributed by atoms with Gasteiger partial charge in [0.05, 0.1) is 11.0 Å². The van der Waals surface area contributed by atoms with Crippen molar-refractivity contribution in [1.29, 1.82) is 0 Å². The molecule has 1 heterocycles. The molecule has 1 aromatic heterocycles. The predicted octanol–water partition coefficient (Wildman–Crippen LogP) is 6.59. The minimum absolute atomic E-state index is 0.196. The first kappa shape index (κ1) is 14.9. The Morgan fingerprint density at radius 1 is 0.577 bits per heavy atom. The molecule has 0 atom stereocenters. The highest BCUT2D eigenvalue weighted by molar-refractivity contribution is 6.10. The maximum atomic E-state index is 14.3. The van der Waals surface area contributed by atoms with Gasteiger partial charge >= 0.3 is 0 Å². The van der Waals surface area contributed by atoms with E-state index in [-0.39, 0.29) is 5.82 Å². The van der Waals surface area contributed by atoms with E-state index in [2.05, 4.69) is 47.0 Å². The second-order valence-electron chi connectivity index (χ2n) is 6.40. The third-order valence-electron chi connectivity index (χ3n) is 4.87. The van der Waals surface area contributed by atoms with E-state index >= 15 is 0 Å². The lowest BCUT2D eigenvalue weighted by atomic mass is 10.0. The van der Waals surface area contributed by atoms with E-state index in [9.17, 15) is 4.39 Å². The number of nitrogens with zero attached hydrogens (tertiary/aromatic N) is 1. The minimum atomic E-state index is -0.196. The van der Waals surface area contributed by atoms with Gasteiger partial charge < -0.3 is 4.57 Å². The van der Waals surface area contributed by atoms with Crippen molar-refractivity contribution in [2.75, 3.05) is 0 Å². The number of benzene rings is 4. The molecule has 0 unspecified atom stereocenters. The highest BCUT2D eigenvalue weighted by Gasteiger charge is 2.13. The highest BCUT2D eigenvalue weighted by atomic mass is 19.1. The molecule has 0 saturated carbocycles. The molecular formula is C24H16FN. The Labute approximate surface area is 150 Å². The molecule has 2 heteroatoms. The van der Waals surface area contributed by atoms with Gasteiger partial charge in [0.25, 0.3) is 0 Å². The van der Waals surface area contributed by atoms with Gasteiger partial charge in [-0.15, -0.1) is 0 Å². The molecule has 5 rings (SSSR count). The molecule has 0 bridgehead atoms. The van der Waals surface area contributed by atoms with Crippen molar-refractivity contribution >= 4 is 21.8 Å². The van der Waals surface area contributed by atoms with Crippen molar-refractivity contribution in [2.45, 2.75) is 0 Å². The van der Waals surface area contributed by atoms with Gasteiger partial charge in [-0.05, 0) is 42.0 Å². The largest absolute Gasteiger partial charge is 0.309 e. The summed E-state index contributed by atoms with van der Waals surface area (Å²) in [6.45, 7) is 0. The van der Waals surface area contributed by atoms with Crippen LogP contribution in [0.15, 0.2) is 97.1 Å². The summed E-state index contributed by atoms with van der Waals surface area (Å²) in [7, 11) is 0. The molecule has 5 aromatic rings. The maximum Gasteiger partial charge on any atom is 0.131 e. The van der Waals surface area contributed by atoms with Crippen LogP contribution in [0.25, 0.3) is 38.6 Å². The van der Waals surface area contributed by atoms with Crippen LogP contribution in [-0.4, -0.2) is 4.57 Å². The molecule has 0 spiro atoms. The first-order valence-electron chi connectivity index (χ1n) is 8.66. The maximum absolute atomic E-state index is 14.3. The summed E-state index contributed by atoms with van der Waals surface area (Å²) in [4.78, 5) is 0. The fourth-order valence-electron chi connectivity index (χ4n) is 3.69. The standard InChI is InChI=1S/C24H16FN/c25-22-12-6-4-10-19(22)17-14-15-24-21(16-17)20-11-5-7-13-23(20)26(24)18-8-2-1-3-9-18/h1-16H. The second kappa shape index (κ2) is 5.85. The van der Waals surface area contributed by atoms with Gasteiger partial charge in [0.1, 0.15) is 5.82 Å². The molecule has 0 N–H and O–H groups in total. The molecular weight excluding hydrogens is 321 g/mol. The van der Waals surface area contributed by atoms with Crippen LogP contribution >= 0.6 is 0 Å². The smallest absolute Gasteiger partial charge is 0.131 e. The Bertz CT molecular complexity index is 1240. The molecule has 4 aromatic carbocycles. The summed E-state index contributed by atoms with van der Waals surface area (Å²) in [6, 6.07) is 31.8. The van der Waals surface area contributed by atoms with Gasteiger partial charge in [0.15, 0.2) is 0 Å². The predicted molar refractivity (Wildman–Crippen MR) is 106 cm³/mol. The average Bonchev–Trinajstić information content (AvgIpc) is 3.03. The number of para-hydroxylation sites is 2. The van der Waals surface area contributed by atoms with E-state index in [1.807, 2.05) is 42.5 Å². The normalized spacial score (nSPS) is 11.3. The average molecular weight is 337 g/mol. The van der Waals surface area contributed by atoms with Gasteiger partial charge in [-0.25, -0.2) is 4.39 Å². The van der Waals surface area contributed by atoms with Crippen LogP contribution in [0.3, 0.4) is 0 Å². The lowest BCUT2D eigenvalue weighted by Gasteiger charge is -2.08. The van der Waals surface area contributed by atoms with Crippen LogP contribution in [0, 0.1) is 5.82 Å². The van der Waals surface area contributed by atoms with Crippen molar-refractivity contribution in [3.8, 4) is 16.8 Å². The lowest BCUT2D eigenvalue weighted by Crippen LogP contribution is -1.92. The molecule has 0 radical (unpaired) electrons. The Kier molecular flexibility index (Phi) is 3.36. The Balaban J connectivity index is 1.86. The van der Waals surface area contributed by atoms with Gasteiger partial charge in [-0.2, -0.15) is 0 Å². The summed E-state index contributed by atoms with van der Waals surface area (Å²) < 4.78 is 16.5. The summed E-state index contributed by atoms with van der Waals surface area (Å²) in [5.74, 6) is -0.196. The summed E-state index contributed by atoms with van der Waals surface area (Å²) in [5, 5.41) is 2.30. The molecule has 26 heavy (non-hydrogen) atoms. The molecule has 0 aliphatic carbocycles. The Hall–Kier alpha value is -3.39. The zero-order valence-corrected chi connectivity index (χ0v) is 14.1. The lowest BCUT2D eigenvalue weighted by molar-refractivity contribution is 0.631.